The molecule has 0 radical (unpaired) electrons. The zero-order chi connectivity index (χ0) is 19.1. The van der Waals surface area contributed by atoms with Gasteiger partial charge in [-0.15, -0.1) is 5.10 Å². The summed E-state index contributed by atoms with van der Waals surface area (Å²) in [4.78, 5) is 13.6. The lowest BCUT2D eigenvalue weighted by atomic mass is 10.0. The number of nitrogens with zero attached hydrogens (tertiary/aromatic N) is 5. The highest BCUT2D eigenvalue weighted by Gasteiger charge is 2.23. The zero-order valence-electron chi connectivity index (χ0n) is 15.2. The molecule has 0 aliphatic carbocycles. The van der Waals surface area contributed by atoms with Crippen molar-refractivity contribution in [2.75, 3.05) is 13.1 Å². The van der Waals surface area contributed by atoms with Crippen LogP contribution in [-0.4, -0.2) is 38.5 Å². The molecule has 0 spiro atoms. The van der Waals surface area contributed by atoms with Crippen molar-refractivity contribution < 1.29 is 4.39 Å². The lowest BCUT2D eigenvalue weighted by molar-refractivity contribution is 0.630. The fourth-order valence-corrected chi connectivity index (χ4v) is 3.49. The Morgan fingerprint density at radius 1 is 1.11 bits per heavy atom. The van der Waals surface area contributed by atoms with Crippen LogP contribution in [0.5, 0.6) is 0 Å². The van der Waals surface area contributed by atoms with Gasteiger partial charge in [0.2, 0.25) is 0 Å². The van der Waals surface area contributed by atoms with E-state index in [-0.39, 0.29) is 5.82 Å². The van der Waals surface area contributed by atoms with Crippen LogP contribution in [0.2, 0.25) is 0 Å². The summed E-state index contributed by atoms with van der Waals surface area (Å²) < 4.78 is 16.1. The second-order valence-electron chi connectivity index (χ2n) is 6.62. The third-order valence-corrected chi connectivity index (χ3v) is 4.79. The number of halogens is 1. The third kappa shape index (κ3) is 2.63. The summed E-state index contributed by atoms with van der Waals surface area (Å²) in [5.41, 5.74) is 4.71. The monoisotopic (exact) mass is 372 g/mol. The molecule has 1 aliphatic rings. The van der Waals surface area contributed by atoms with E-state index < -0.39 is 0 Å². The van der Waals surface area contributed by atoms with Crippen molar-refractivity contribution in [2.24, 2.45) is 4.99 Å². The number of hydrogen-bond donors (Lipinski definition) is 1. The van der Waals surface area contributed by atoms with Crippen molar-refractivity contribution in [3.63, 3.8) is 0 Å². The van der Waals surface area contributed by atoms with Crippen molar-refractivity contribution in [3.05, 3.63) is 71.9 Å². The fraction of sp³-hybridized carbons (Fsp3) is 0.143. The smallest absolute Gasteiger partial charge is 0.185 e. The van der Waals surface area contributed by atoms with E-state index in [0.29, 0.717) is 23.6 Å². The van der Waals surface area contributed by atoms with Gasteiger partial charge in [-0.1, -0.05) is 18.2 Å². The van der Waals surface area contributed by atoms with E-state index in [1.165, 1.54) is 6.07 Å². The predicted molar refractivity (Wildman–Crippen MR) is 106 cm³/mol. The largest absolute Gasteiger partial charge is 0.368 e. The summed E-state index contributed by atoms with van der Waals surface area (Å²) in [6.45, 7) is 3.44. The van der Waals surface area contributed by atoms with Gasteiger partial charge < -0.3 is 5.32 Å². The molecule has 7 heteroatoms. The molecule has 6 nitrogen and oxygen atoms in total. The van der Waals surface area contributed by atoms with Crippen molar-refractivity contribution in [3.8, 4) is 22.5 Å². The van der Waals surface area contributed by atoms with Crippen LogP contribution >= 0.6 is 0 Å². The van der Waals surface area contributed by atoms with E-state index in [4.69, 9.17) is 4.98 Å². The van der Waals surface area contributed by atoms with E-state index in [9.17, 15) is 4.39 Å². The number of pyridine rings is 2. The Morgan fingerprint density at radius 3 is 2.75 bits per heavy atom. The minimum absolute atomic E-state index is 0.346. The molecule has 138 valence electrons. The van der Waals surface area contributed by atoms with Crippen LogP contribution in [0.3, 0.4) is 0 Å². The number of aliphatic imine (C=N–C) groups is 1. The van der Waals surface area contributed by atoms with Gasteiger partial charge in [0.25, 0.3) is 0 Å². The number of fused-ring (bicyclic) bond motifs is 1. The molecular formula is C21H17FN6. The van der Waals surface area contributed by atoms with Crippen LogP contribution in [0.1, 0.15) is 11.3 Å². The molecule has 0 bridgehead atoms. The van der Waals surface area contributed by atoms with Crippen molar-refractivity contribution >= 4 is 11.5 Å². The molecule has 0 saturated carbocycles. The molecule has 1 aliphatic heterocycles. The summed E-state index contributed by atoms with van der Waals surface area (Å²) >= 11 is 0. The van der Waals surface area contributed by atoms with Crippen molar-refractivity contribution in [1.29, 1.82) is 0 Å². The maximum Gasteiger partial charge on any atom is 0.185 e. The number of nitrogens with one attached hydrogen (secondary N) is 1. The molecule has 1 aromatic carbocycles. The first-order valence-corrected chi connectivity index (χ1v) is 9.07. The average Bonchev–Trinajstić information content (AvgIpc) is 3.39. The van der Waals surface area contributed by atoms with Gasteiger partial charge in [0, 0.05) is 30.2 Å². The quantitative estimate of drug-likeness (QED) is 0.599. The maximum absolute atomic E-state index is 14.3. The van der Waals surface area contributed by atoms with Crippen LogP contribution < -0.4 is 5.32 Å². The first kappa shape index (κ1) is 16.6. The van der Waals surface area contributed by atoms with Gasteiger partial charge in [-0.2, -0.15) is 0 Å². The Labute approximate surface area is 160 Å². The average molecular weight is 372 g/mol. The lowest BCUT2D eigenvalue weighted by Crippen LogP contribution is -2.21. The second-order valence-corrected chi connectivity index (χ2v) is 6.62. The molecule has 5 rings (SSSR count). The summed E-state index contributed by atoms with van der Waals surface area (Å²) in [5, 5.41) is 7.91. The zero-order valence-corrected chi connectivity index (χ0v) is 15.2. The van der Waals surface area contributed by atoms with Gasteiger partial charge in [0.15, 0.2) is 11.5 Å². The van der Waals surface area contributed by atoms with E-state index in [2.05, 4.69) is 20.4 Å². The number of rotatable bonds is 3. The molecular weight excluding hydrogens is 355 g/mol. The molecule has 3 aromatic heterocycles. The van der Waals surface area contributed by atoms with Gasteiger partial charge in [-0.05, 0) is 36.8 Å². The molecule has 0 amide bonds. The Hall–Kier alpha value is -3.61. The van der Waals surface area contributed by atoms with E-state index in [1.807, 2.05) is 31.3 Å². The number of aryl methyl sites for hydroxylation is 1. The summed E-state index contributed by atoms with van der Waals surface area (Å²) in [5.74, 6) is 0.780. The molecule has 0 atom stereocenters. The number of benzene rings is 1. The molecule has 0 saturated heterocycles. The normalized spacial score (nSPS) is 13.6. The standard InChI is InChI=1S/C21H17FN6/c1-13-11-16(14-5-4-8-23-12-14)18(20-24-9-10-25-20)21-26-19(27-28(13)21)15-6-2-3-7-17(15)22/h2-8,11-12H,9-10H2,1H3,(H,24,25). The van der Waals surface area contributed by atoms with Crippen molar-refractivity contribution in [1.82, 2.24) is 24.9 Å². The van der Waals surface area contributed by atoms with Gasteiger partial charge in [0.1, 0.15) is 11.7 Å². The Morgan fingerprint density at radius 2 is 2.00 bits per heavy atom. The van der Waals surface area contributed by atoms with E-state index >= 15 is 0 Å². The molecule has 0 unspecified atom stereocenters. The summed E-state index contributed by atoms with van der Waals surface area (Å²) in [6.07, 6.45) is 3.56. The van der Waals surface area contributed by atoms with Crippen LogP contribution in [0.25, 0.3) is 28.2 Å². The van der Waals surface area contributed by atoms with Gasteiger partial charge in [0.05, 0.1) is 17.7 Å². The van der Waals surface area contributed by atoms with Crippen LogP contribution in [0.4, 0.5) is 4.39 Å². The number of aromatic nitrogens is 4. The minimum Gasteiger partial charge on any atom is -0.368 e. The predicted octanol–water partition coefficient (Wildman–Crippen LogP) is 3.26. The number of amidine groups is 1. The minimum atomic E-state index is -0.346. The van der Waals surface area contributed by atoms with E-state index in [0.717, 1.165) is 34.8 Å². The van der Waals surface area contributed by atoms with Crippen LogP contribution in [0.15, 0.2) is 59.9 Å². The third-order valence-electron chi connectivity index (χ3n) is 4.79. The molecule has 1 N–H and O–H groups in total. The van der Waals surface area contributed by atoms with Gasteiger partial charge >= 0.3 is 0 Å². The molecule has 4 aromatic rings. The topological polar surface area (TPSA) is 67.5 Å². The van der Waals surface area contributed by atoms with E-state index in [1.54, 1.807) is 28.9 Å². The Kier molecular flexibility index (Phi) is 3.86. The molecule has 0 fully saturated rings. The fourth-order valence-electron chi connectivity index (χ4n) is 3.49. The second kappa shape index (κ2) is 6.53. The highest BCUT2D eigenvalue weighted by molar-refractivity contribution is 6.10. The Balaban J connectivity index is 1.82. The SMILES string of the molecule is Cc1cc(-c2cccnc2)c(C2=NCCN2)c2nc(-c3ccccc3F)nn12. The maximum atomic E-state index is 14.3. The molecule has 4 heterocycles. The summed E-state index contributed by atoms with van der Waals surface area (Å²) in [7, 11) is 0. The highest BCUT2D eigenvalue weighted by atomic mass is 19.1. The first-order chi connectivity index (χ1) is 13.7. The van der Waals surface area contributed by atoms with Gasteiger partial charge in [-0.25, -0.2) is 13.9 Å². The lowest BCUT2D eigenvalue weighted by Gasteiger charge is -2.13. The number of hydrogen-bond acceptors (Lipinski definition) is 5. The van der Waals surface area contributed by atoms with Crippen LogP contribution in [-0.2, 0) is 0 Å². The highest BCUT2D eigenvalue weighted by Crippen LogP contribution is 2.30. The van der Waals surface area contributed by atoms with Crippen molar-refractivity contribution in [2.45, 2.75) is 6.92 Å². The summed E-state index contributed by atoms with van der Waals surface area (Å²) in [6, 6.07) is 12.5. The van der Waals surface area contributed by atoms with Gasteiger partial charge in [-0.3, -0.25) is 9.98 Å². The van der Waals surface area contributed by atoms with Crippen LogP contribution in [0, 0.1) is 12.7 Å². The Bertz CT molecular complexity index is 1210. The first-order valence-electron chi connectivity index (χ1n) is 9.07. The molecule has 28 heavy (non-hydrogen) atoms.